The molecule has 1 saturated heterocycles. The van der Waals surface area contributed by atoms with E-state index in [1.165, 1.54) is 17.7 Å². The smallest absolute Gasteiger partial charge is 0.0434 e. The maximum Gasteiger partial charge on any atom is 0.0434 e. The first-order valence-corrected chi connectivity index (χ1v) is 7.77. The predicted molar refractivity (Wildman–Crippen MR) is 83.6 cm³/mol. The molecular weight excluding hydrogens is 304 g/mol. The summed E-state index contributed by atoms with van der Waals surface area (Å²) >= 11 is 3.57. The van der Waals surface area contributed by atoms with E-state index in [1.807, 2.05) is 7.05 Å². The zero-order valence-electron chi connectivity index (χ0n) is 11.7. The topological polar surface area (TPSA) is 35.5 Å². The maximum atomic E-state index is 9.07. The Morgan fingerprint density at radius 1 is 1.53 bits per heavy atom. The molecule has 0 bridgehead atoms. The van der Waals surface area contributed by atoms with Crippen LogP contribution >= 0.6 is 15.9 Å². The lowest BCUT2D eigenvalue weighted by atomic mass is 10.0. The molecule has 4 heteroatoms. The fourth-order valence-corrected chi connectivity index (χ4v) is 3.13. The molecule has 1 aromatic rings. The number of rotatable bonds is 5. The van der Waals surface area contributed by atoms with Gasteiger partial charge < -0.3 is 15.3 Å². The molecule has 0 spiro atoms. The molecule has 1 fully saturated rings. The van der Waals surface area contributed by atoms with Crippen molar-refractivity contribution in [3.63, 3.8) is 0 Å². The monoisotopic (exact) mass is 326 g/mol. The second-order valence-electron chi connectivity index (χ2n) is 5.33. The van der Waals surface area contributed by atoms with E-state index in [-0.39, 0.29) is 0 Å². The molecule has 0 aromatic heterocycles. The number of hydrogen-bond acceptors (Lipinski definition) is 3. The maximum absolute atomic E-state index is 9.07. The standard InChI is InChI=1S/C15H23BrN2O/c1-11(17-2)14-4-3-13(16)9-15(14)18-7-5-12(10-18)6-8-19/h3-4,9,11-12,17,19H,5-8,10H2,1-2H3. The number of nitrogens with one attached hydrogen (secondary N) is 1. The van der Waals surface area contributed by atoms with E-state index in [0.29, 0.717) is 18.6 Å². The van der Waals surface area contributed by atoms with Crippen LogP contribution in [0, 0.1) is 5.92 Å². The molecule has 0 radical (unpaired) electrons. The molecule has 0 amide bonds. The van der Waals surface area contributed by atoms with Crippen molar-refractivity contribution >= 4 is 21.6 Å². The van der Waals surface area contributed by atoms with E-state index in [1.54, 1.807) is 0 Å². The van der Waals surface area contributed by atoms with Gasteiger partial charge in [-0.3, -0.25) is 0 Å². The van der Waals surface area contributed by atoms with Crippen LogP contribution in [0.4, 0.5) is 5.69 Å². The van der Waals surface area contributed by atoms with Gasteiger partial charge in [0.05, 0.1) is 0 Å². The molecular formula is C15H23BrN2O. The summed E-state index contributed by atoms with van der Waals surface area (Å²) in [4.78, 5) is 2.45. The minimum Gasteiger partial charge on any atom is -0.396 e. The molecule has 0 saturated carbocycles. The van der Waals surface area contributed by atoms with Crippen LogP contribution in [0.5, 0.6) is 0 Å². The molecule has 1 aliphatic heterocycles. The van der Waals surface area contributed by atoms with Gasteiger partial charge in [-0.15, -0.1) is 0 Å². The third kappa shape index (κ3) is 3.50. The Morgan fingerprint density at radius 3 is 3.00 bits per heavy atom. The number of halogens is 1. The van der Waals surface area contributed by atoms with Gasteiger partial charge in [0.2, 0.25) is 0 Å². The van der Waals surface area contributed by atoms with Crippen molar-refractivity contribution < 1.29 is 5.11 Å². The SMILES string of the molecule is CNC(C)c1ccc(Br)cc1N1CCC(CCO)C1. The molecule has 2 rings (SSSR count). The van der Waals surface area contributed by atoms with Gasteiger partial charge in [0, 0.05) is 35.9 Å². The Hall–Kier alpha value is -0.580. The summed E-state index contributed by atoms with van der Waals surface area (Å²) in [5.41, 5.74) is 2.66. The summed E-state index contributed by atoms with van der Waals surface area (Å²) in [6.07, 6.45) is 2.10. The Morgan fingerprint density at radius 2 is 2.32 bits per heavy atom. The fourth-order valence-electron chi connectivity index (χ4n) is 2.78. The first-order valence-electron chi connectivity index (χ1n) is 6.98. The molecule has 106 valence electrons. The second-order valence-corrected chi connectivity index (χ2v) is 6.24. The largest absolute Gasteiger partial charge is 0.396 e. The Kier molecular flexibility index (Phi) is 5.25. The van der Waals surface area contributed by atoms with Crippen LogP contribution in [-0.2, 0) is 0 Å². The van der Waals surface area contributed by atoms with Crippen molar-refractivity contribution in [1.82, 2.24) is 5.32 Å². The van der Waals surface area contributed by atoms with Crippen molar-refractivity contribution in [2.75, 3.05) is 31.6 Å². The first-order chi connectivity index (χ1) is 9.15. The van der Waals surface area contributed by atoms with Crippen molar-refractivity contribution in [3.05, 3.63) is 28.2 Å². The summed E-state index contributed by atoms with van der Waals surface area (Å²) in [7, 11) is 2.00. The van der Waals surface area contributed by atoms with Crippen LogP contribution in [-0.4, -0.2) is 31.9 Å². The average molecular weight is 327 g/mol. The van der Waals surface area contributed by atoms with E-state index >= 15 is 0 Å². The van der Waals surface area contributed by atoms with Gasteiger partial charge in [0.15, 0.2) is 0 Å². The zero-order chi connectivity index (χ0) is 13.8. The molecule has 3 nitrogen and oxygen atoms in total. The summed E-state index contributed by atoms with van der Waals surface area (Å²) in [5, 5.41) is 12.4. The zero-order valence-corrected chi connectivity index (χ0v) is 13.3. The highest BCUT2D eigenvalue weighted by Gasteiger charge is 2.24. The van der Waals surface area contributed by atoms with Crippen LogP contribution in [0.25, 0.3) is 0 Å². The number of aliphatic hydroxyl groups is 1. The number of hydrogen-bond donors (Lipinski definition) is 2. The Bertz CT molecular complexity index is 425. The lowest BCUT2D eigenvalue weighted by molar-refractivity contribution is 0.263. The Balaban J connectivity index is 2.21. The van der Waals surface area contributed by atoms with E-state index in [0.717, 1.165) is 24.0 Å². The molecule has 2 unspecified atom stereocenters. The van der Waals surface area contributed by atoms with E-state index in [2.05, 4.69) is 51.3 Å². The first kappa shape index (κ1) is 14.8. The minimum absolute atomic E-state index is 0.302. The van der Waals surface area contributed by atoms with Crippen molar-refractivity contribution in [2.45, 2.75) is 25.8 Å². The average Bonchev–Trinajstić information content (AvgIpc) is 2.87. The van der Waals surface area contributed by atoms with Crippen molar-refractivity contribution in [1.29, 1.82) is 0 Å². The minimum atomic E-state index is 0.302. The summed E-state index contributed by atoms with van der Waals surface area (Å²) in [6, 6.07) is 6.86. The number of aliphatic hydroxyl groups excluding tert-OH is 1. The molecule has 2 atom stereocenters. The normalized spacial score (nSPS) is 20.8. The van der Waals surface area contributed by atoms with Crippen LogP contribution in [0.1, 0.15) is 31.4 Å². The van der Waals surface area contributed by atoms with Gasteiger partial charge in [-0.1, -0.05) is 22.0 Å². The van der Waals surface area contributed by atoms with Crippen LogP contribution in [0.15, 0.2) is 22.7 Å². The third-order valence-corrected chi connectivity index (χ3v) is 4.55. The highest BCUT2D eigenvalue weighted by atomic mass is 79.9. The van der Waals surface area contributed by atoms with Gasteiger partial charge in [-0.2, -0.15) is 0 Å². The van der Waals surface area contributed by atoms with Crippen LogP contribution < -0.4 is 10.2 Å². The lowest BCUT2D eigenvalue weighted by Crippen LogP contribution is -2.24. The number of benzene rings is 1. The van der Waals surface area contributed by atoms with Crippen molar-refractivity contribution in [2.24, 2.45) is 5.92 Å². The molecule has 2 N–H and O–H groups in total. The number of nitrogens with zero attached hydrogens (tertiary/aromatic N) is 1. The second kappa shape index (κ2) is 6.73. The molecule has 19 heavy (non-hydrogen) atoms. The van der Waals surface area contributed by atoms with E-state index in [4.69, 9.17) is 5.11 Å². The van der Waals surface area contributed by atoms with Crippen molar-refractivity contribution in [3.8, 4) is 0 Å². The highest BCUT2D eigenvalue weighted by Crippen LogP contribution is 2.33. The molecule has 0 aliphatic carbocycles. The summed E-state index contributed by atoms with van der Waals surface area (Å²) in [5.74, 6) is 0.627. The van der Waals surface area contributed by atoms with Gasteiger partial charge in [0.25, 0.3) is 0 Å². The fraction of sp³-hybridized carbons (Fsp3) is 0.600. The van der Waals surface area contributed by atoms with E-state index in [9.17, 15) is 0 Å². The van der Waals surface area contributed by atoms with Gasteiger partial charge in [0.1, 0.15) is 0 Å². The van der Waals surface area contributed by atoms with E-state index < -0.39 is 0 Å². The summed E-state index contributed by atoms with van der Waals surface area (Å²) in [6.45, 7) is 4.63. The highest BCUT2D eigenvalue weighted by molar-refractivity contribution is 9.10. The summed E-state index contributed by atoms with van der Waals surface area (Å²) < 4.78 is 1.13. The van der Waals surface area contributed by atoms with Gasteiger partial charge >= 0.3 is 0 Å². The molecule has 1 heterocycles. The van der Waals surface area contributed by atoms with Crippen LogP contribution in [0.3, 0.4) is 0 Å². The molecule has 1 aromatic carbocycles. The quantitative estimate of drug-likeness (QED) is 0.873. The van der Waals surface area contributed by atoms with Gasteiger partial charge in [-0.05, 0) is 50.4 Å². The predicted octanol–water partition coefficient (Wildman–Crippen LogP) is 2.94. The van der Waals surface area contributed by atoms with Crippen LogP contribution in [0.2, 0.25) is 0 Å². The van der Waals surface area contributed by atoms with Gasteiger partial charge in [-0.25, -0.2) is 0 Å². The molecule has 1 aliphatic rings. The number of anilines is 1. The lowest BCUT2D eigenvalue weighted by Gasteiger charge is -2.25. The Labute approximate surface area is 124 Å². The third-order valence-electron chi connectivity index (χ3n) is 4.06.